The van der Waals surface area contributed by atoms with Crippen molar-refractivity contribution >= 4 is 49.8 Å². The molecule has 2 heterocycles. The van der Waals surface area contributed by atoms with Crippen LogP contribution in [0.15, 0.2) is 198 Å². The second-order valence-corrected chi connectivity index (χ2v) is 10.8. The Hall–Kier alpha value is -7.37. The van der Waals surface area contributed by atoms with E-state index in [1.165, 1.54) is 0 Å². The van der Waals surface area contributed by atoms with E-state index in [1.807, 2.05) is 0 Å². The predicted molar refractivity (Wildman–Crippen MR) is 221 cm³/mol. The zero-order valence-electron chi connectivity index (χ0n) is 58.7. The first-order valence-electron chi connectivity index (χ1n) is 31.4. The summed E-state index contributed by atoms with van der Waals surface area (Å²) in [6.07, 6.45) is 0. The lowest BCUT2D eigenvalue weighted by atomic mass is 9.97. The number of fused-ring (bicyclic) bond motifs is 5. The van der Waals surface area contributed by atoms with Gasteiger partial charge >= 0.3 is 0 Å². The van der Waals surface area contributed by atoms with Gasteiger partial charge in [0.05, 0.1) is 49.6 Å². The van der Waals surface area contributed by atoms with E-state index in [4.69, 9.17) is 33.2 Å². The van der Waals surface area contributed by atoms with E-state index in [2.05, 4.69) is 15.0 Å². The summed E-state index contributed by atoms with van der Waals surface area (Å²) in [5, 5.41) is -3.29. The summed E-state index contributed by atoms with van der Waals surface area (Å²) in [6, 6.07) is -33.8. The molecule has 0 unspecified atom stereocenters. The van der Waals surface area contributed by atoms with Gasteiger partial charge < -0.3 is 9.32 Å². The topological polar surface area (TPSA) is 55.1 Å². The third-order valence-corrected chi connectivity index (χ3v) is 7.74. The fourth-order valence-corrected chi connectivity index (χ4v) is 5.49. The predicted octanol–water partition coefficient (Wildman–Crippen LogP) is 13.1. The lowest BCUT2D eigenvalue weighted by molar-refractivity contribution is 0.672. The van der Waals surface area contributed by atoms with Crippen molar-refractivity contribution in [1.82, 2.24) is 15.0 Å². The SMILES string of the molecule is [2H]c1c([2H])c([2H])c(-c2nc(-c3c([2H])c([2H])c([2H])c([2H])c3[2H])nc(-c3c([2H])c([2H])c([2H])c4c(N(c5c([2H])c([2H])c([2H])c([2H])c5[2H])c5c([2H])c([2H])c(-c6c([2H])c([2H])c([2H])c([2H])c6[2H])c([2H])c5[2H])c([2H])c5c(oc6c([2H])c([2H])c([2H])c([2H])c65)c34)n2)c([2H])c1[2H]. The summed E-state index contributed by atoms with van der Waals surface area (Å²) >= 11 is 0. The lowest BCUT2D eigenvalue weighted by Crippen LogP contribution is -2.10. The number of nitrogens with zero attached hydrogens (tertiary/aromatic N) is 4. The molecule has 10 rings (SSSR count). The average Bonchev–Trinajstić information content (AvgIpc) is 1.32. The van der Waals surface area contributed by atoms with Gasteiger partial charge in [0, 0.05) is 49.6 Å². The molecule has 2 aromatic heterocycles. The van der Waals surface area contributed by atoms with Crippen molar-refractivity contribution in [2.45, 2.75) is 0 Å². The van der Waals surface area contributed by atoms with Crippen LogP contribution in [-0.4, -0.2) is 15.0 Å². The molecule has 0 saturated heterocycles. The monoisotopic (exact) mass is 724 g/mol. The molecular formula is C49H32N4O. The average molecular weight is 725 g/mol. The number of benzene rings is 8. The molecule has 254 valence electrons. The number of furan rings is 1. The van der Waals surface area contributed by atoms with E-state index in [1.54, 1.807) is 0 Å². The van der Waals surface area contributed by atoms with Crippen LogP contribution in [0.5, 0.6) is 0 Å². The van der Waals surface area contributed by atoms with Gasteiger partial charge in [0.1, 0.15) is 11.2 Å². The smallest absolute Gasteiger partial charge is 0.164 e. The molecule has 0 aliphatic rings. The van der Waals surface area contributed by atoms with E-state index in [-0.39, 0.29) is 0 Å². The fraction of sp³-hybridized carbons (Fsp3) is 0. The van der Waals surface area contributed by atoms with Crippen LogP contribution in [0.25, 0.3) is 78.0 Å². The van der Waals surface area contributed by atoms with E-state index in [0.29, 0.717) is 4.90 Å². The summed E-state index contributed by atoms with van der Waals surface area (Å²) in [6.45, 7) is 0. The molecule has 0 fully saturated rings. The Bertz CT molecular complexity index is 4580. The van der Waals surface area contributed by atoms with Crippen molar-refractivity contribution in [3.63, 3.8) is 0 Å². The highest BCUT2D eigenvalue weighted by Crippen LogP contribution is 2.47. The largest absolute Gasteiger partial charge is 0.455 e. The van der Waals surface area contributed by atoms with E-state index in [0.717, 1.165) is 0 Å². The molecule has 10 aromatic rings. The third kappa shape index (κ3) is 5.56. The third-order valence-electron chi connectivity index (χ3n) is 7.74. The molecule has 5 heteroatoms. The van der Waals surface area contributed by atoms with Crippen LogP contribution < -0.4 is 4.90 Å². The Morgan fingerprint density at radius 2 is 0.907 bits per heavy atom. The first-order chi connectivity index (χ1) is 40.1. The summed E-state index contributed by atoms with van der Waals surface area (Å²) < 4.78 is 292. The van der Waals surface area contributed by atoms with Crippen LogP contribution in [-0.2, 0) is 0 Å². The molecule has 0 atom stereocenters. The second-order valence-electron chi connectivity index (χ2n) is 10.8. The number of aromatic nitrogens is 3. The molecule has 0 aliphatic heterocycles. The normalized spacial score (nSPS) is 19.6. The van der Waals surface area contributed by atoms with Crippen LogP contribution in [0, 0.1) is 0 Å². The molecule has 0 N–H and O–H groups in total. The Balaban J connectivity index is 1.52. The van der Waals surface area contributed by atoms with E-state index >= 15 is 0 Å². The molecule has 0 radical (unpaired) electrons. The van der Waals surface area contributed by atoms with E-state index in [9.17, 15) is 15.1 Å². The zero-order valence-corrected chi connectivity index (χ0v) is 26.7. The van der Waals surface area contributed by atoms with Gasteiger partial charge in [0.15, 0.2) is 17.5 Å². The van der Waals surface area contributed by atoms with Crippen LogP contribution in [0.4, 0.5) is 17.1 Å². The molecule has 5 nitrogen and oxygen atoms in total. The van der Waals surface area contributed by atoms with Gasteiger partial charge in [0.25, 0.3) is 0 Å². The Labute approximate surface area is 357 Å². The Morgan fingerprint density at radius 1 is 0.407 bits per heavy atom. The first-order valence-corrected chi connectivity index (χ1v) is 15.4. The van der Waals surface area contributed by atoms with Crippen LogP contribution in [0.1, 0.15) is 43.9 Å². The Morgan fingerprint density at radius 3 is 1.56 bits per heavy atom. The minimum Gasteiger partial charge on any atom is -0.455 e. The van der Waals surface area contributed by atoms with Gasteiger partial charge in [-0.15, -0.1) is 0 Å². The second kappa shape index (κ2) is 13.3. The summed E-state index contributed by atoms with van der Waals surface area (Å²) in [5.41, 5.74) is -9.41. The molecule has 0 spiro atoms. The quantitative estimate of drug-likeness (QED) is 0.164. The highest BCUT2D eigenvalue weighted by Gasteiger charge is 2.24. The molecule has 0 amide bonds. The van der Waals surface area contributed by atoms with Crippen molar-refractivity contribution in [3.8, 4) is 45.3 Å². The van der Waals surface area contributed by atoms with Crippen LogP contribution in [0.3, 0.4) is 0 Å². The van der Waals surface area contributed by atoms with Gasteiger partial charge in [-0.2, -0.15) is 0 Å². The number of para-hydroxylation sites is 2. The Kier molecular flexibility index (Phi) is 3.12. The number of anilines is 3. The summed E-state index contributed by atoms with van der Waals surface area (Å²) in [4.78, 5) is 13.4. The molecular weight excluding hydrogens is 661 g/mol. The van der Waals surface area contributed by atoms with Crippen molar-refractivity contribution in [3.05, 3.63) is 193 Å². The maximum atomic E-state index is 10.2. The van der Waals surface area contributed by atoms with Crippen molar-refractivity contribution in [2.24, 2.45) is 0 Å². The summed E-state index contributed by atoms with van der Waals surface area (Å²) in [5.74, 6) is -2.90. The van der Waals surface area contributed by atoms with Crippen molar-refractivity contribution < 1.29 is 48.3 Å². The fourth-order valence-electron chi connectivity index (χ4n) is 5.49. The number of rotatable bonds is 7. The molecule has 0 bridgehead atoms. The minimum atomic E-state index is -1.30. The number of hydrogen-bond acceptors (Lipinski definition) is 5. The maximum Gasteiger partial charge on any atom is 0.164 e. The maximum absolute atomic E-state index is 10.2. The van der Waals surface area contributed by atoms with Crippen molar-refractivity contribution in [1.29, 1.82) is 0 Å². The first kappa shape index (κ1) is 12.6. The lowest BCUT2D eigenvalue weighted by Gasteiger charge is -2.27. The highest BCUT2D eigenvalue weighted by atomic mass is 16.3. The van der Waals surface area contributed by atoms with Crippen LogP contribution in [0.2, 0.25) is 0 Å². The van der Waals surface area contributed by atoms with Gasteiger partial charge in [-0.1, -0.05) is 157 Å². The van der Waals surface area contributed by atoms with Crippen LogP contribution >= 0.6 is 0 Å². The molecule has 0 saturated carbocycles. The molecule has 8 aromatic carbocycles. The van der Waals surface area contributed by atoms with Gasteiger partial charge in [0.2, 0.25) is 0 Å². The highest BCUT2D eigenvalue weighted by molar-refractivity contribution is 6.23. The van der Waals surface area contributed by atoms with E-state index < -0.39 is 288 Å². The minimum absolute atomic E-state index is 0.371. The number of hydrogen-bond donors (Lipinski definition) is 0. The molecule has 0 aliphatic carbocycles. The zero-order chi connectivity index (χ0) is 63.7. The van der Waals surface area contributed by atoms with Gasteiger partial charge in [-0.25, -0.2) is 15.0 Å². The van der Waals surface area contributed by atoms with Gasteiger partial charge in [-0.3, -0.25) is 0 Å². The van der Waals surface area contributed by atoms with Gasteiger partial charge in [-0.05, 0) is 47.4 Å². The molecule has 54 heavy (non-hydrogen) atoms. The van der Waals surface area contributed by atoms with Crippen molar-refractivity contribution in [2.75, 3.05) is 4.90 Å². The summed E-state index contributed by atoms with van der Waals surface area (Å²) in [7, 11) is 0. The standard InChI is InChI=1S/C49H32N4O/c1-5-16-33(17-6-1)34-28-30-38(31-29-34)53(37-22-11-4-12-23-37)43-32-42-39-24-13-14-27-44(39)54-46(42)45-40(43)25-15-26-41(45)49-51-47(35-18-7-2-8-19-35)50-48(52-49)36-20-9-3-10-21-36/h1-32H/i1D,2D,3D,4D,5D,6D,7D,8D,9D,10D,11D,12D,13D,14D,15D,16D,17D,18D,19D,20D,21D,22D,23D,24D,25D,26D,27D,28D,29D,30D,31D,32D.